The van der Waals surface area contributed by atoms with E-state index in [1.807, 2.05) is 43.0 Å². The SMILES string of the molecule is CCOc1ccccc1NC(C)C(=O)N1CCCC1. The summed E-state index contributed by atoms with van der Waals surface area (Å²) in [7, 11) is 0. The Bertz CT molecular complexity index is 428. The fourth-order valence-corrected chi connectivity index (χ4v) is 2.37. The lowest BCUT2D eigenvalue weighted by molar-refractivity contribution is -0.130. The zero-order chi connectivity index (χ0) is 13.7. The second kappa shape index (κ2) is 6.45. The molecular formula is C15H22N2O2. The number of carbonyl (C=O) groups is 1. The van der Waals surface area contributed by atoms with E-state index in [0.717, 1.165) is 37.4 Å². The van der Waals surface area contributed by atoms with E-state index in [2.05, 4.69) is 5.32 Å². The molecule has 0 aliphatic carbocycles. The lowest BCUT2D eigenvalue weighted by Crippen LogP contribution is -2.39. The molecule has 4 heteroatoms. The Kier molecular flexibility index (Phi) is 4.66. The van der Waals surface area contributed by atoms with Crippen LogP contribution in [0, 0.1) is 0 Å². The van der Waals surface area contributed by atoms with Crippen LogP contribution in [0.15, 0.2) is 24.3 Å². The van der Waals surface area contributed by atoms with E-state index >= 15 is 0 Å². The van der Waals surface area contributed by atoms with Crippen molar-refractivity contribution in [3.8, 4) is 5.75 Å². The van der Waals surface area contributed by atoms with Crippen LogP contribution in [-0.2, 0) is 4.79 Å². The number of ether oxygens (including phenoxy) is 1. The van der Waals surface area contributed by atoms with Gasteiger partial charge in [-0.2, -0.15) is 0 Å². The highest BCUT2D eigenvalue weighted by Crippen LogP contribution is 2.24. The maximum absolute atomic E-state index is 12.2. The molecule has 19 heavy (non-hydrogen) atoms. The normalized spacial score (nSPS) is 16.2. The number of nitrogens with zero attached hydrogens (tertiary/aromatic N) is 1. The van der Waals surface area contributed by atoms with Crippen molar-refractivity contribution in [3.05, 3.63) is 24.3 Å². The number of anilines is 1. The Morgan fingerprint density at radius 3 is 2.74 bits per heavy atom. The number of likely N-dealkylation sites (tertiary alicyclic amines) is 1. The third-order valence-corrected chi connectivity index (χ3v) is 3.35. The smallest absolute Gasteiger partial charge is 0.244 e. The van der Waals surface area contributed by atoms with Gasteiger partial charge in [0.25, 0.3) is 0 Å². The minimum absolute atomic E-state index is 0.170. The standard InChI is InChI=1S/C15H22N2O2/c1-3-19-14-9-5-4-8-13(14)16-12(2)15(18)17-10-6-7-11-17/h4-5,8-9,12,16H,3,6-7,10-11H2,1-2H3. The number of benzene rings is 1. The molecule has 0 spiro atoms. The number of carbonyl (C=O) groups excluding carboxylic acids is 1. The molecule has 104 valence electrons. The van der Waals surface area contributed by atoms with Crippen LogP contribution in [0.5, 0.6) is 5.75 Å². The zero-order valence-electron chi connectivity index (χ0n) is 11.7. The van der Waals surface area contributed by atoms with Crippen LogP contribution < -0.4 is 10.1 Å². The molecule has 2 rings (SSSR count). The number of hydrogen-bond acceptors (Lipinski definition) is 3. The maximum atomic E-state index is 12.2. The summed E-state index contributed by atoms with van der Waals surface area (Å²) in [6.07, 6.45) is 2.24. The van der Waals surface area contributed by atoms with E-state index < -0.39 is 0 Å². The van der Waals surface area contributed by atoms with E-state index in [1.54, 1.807) is 0 Å². The van der Waals surface area contributed by atoms with Crippen molar-refractivity contribution in [3.63, 3.8) is 0 Å². The van der Waals surface area contributed by atoms with Crippen LogP contribution >= 0.6 is 0 Å². The molecule has 0 saturated carbocycles. The molecule has 1 unspecified atom stereocenters. The number of nitrogens with one attached hydrogen (secondary N) is 1. The van der Waals surface area contributed by atoms with E-state index in [4.69, 9.17) is 4.74 Å². The topological polar surface area (TPSA) is 41.6 Å². The van der Waals surface area contributed by atoms with Gasteiger partial charge < -0.3 is 15.0 Å². The van der Waals surface area contributed by atoms with Gasteiger partial charge in [0.05, 0.1) is 12.3 Å². The summed E-state index contributed by atoms with van der Waals surface area (Å²) in [6, 6.07) is 7.51. The minimum Gasteiger partial charge on any atom is -0.492 e. The highest BCUT2D eigenvalue weighted by atomic mass is 16.5. The quantitative estimate of drug-likeness (QED) is 0.886. The summed E-state index contributed by atoms with van der Waals surface area (Å²) in [5, 5.41) is 3.26. The molecule has 1 aromatic carbocycles. The molecule has 0 bridgehead atoms. The molecule has 0 radical (unpaired) electrons. The fourth-order valence-electron chi connectivity index (χ4n) is 2.37. The second-order valence-corrected chi connectivity index (χ2v) is 4.83. The van der Waals surface area contributed by atoms with Crippen LogP contribution in [0.3, 0.4) is 0 Å². The Hall–Kier alpha value is -1.71. The van der Waals surface area contributed by atoms with Gasteiger partial charge in [0.2, 0.25) is 5.91 Å². The molecule has 1 aliphatic heterocycles. The largest absolute Gasteiger partial charge is 0.492 e. The lowest BCUT2D eigenvalue weighted by Gasteiger charge is -2.22. The van der Waals surface area contributed by atoms with Gasteiger partial charge in [-0.3, -0.25) is 4.79 Å². The first kappa shape index (κ1) is 13.7. The van der Waals surface area contributed by atoms with Crippen LogP contribution in [-0.4, -0.2) is 36.5 Å². The van der Waals surface area contributed by atoms with Gasteiger partial charge >= 0.3 is 0 Å². The van der Waals surface area contributed by atoms with Crippen molar-refractivity contribution in [2.75, 3.05) is 25.0 Å². The zero-order valence-corrected chi connectivity index (χ0v) is 11.7. The highest BCUT2D eigenvalue weighted by Gasteiger charge is 2.23. The molecule has 0 aromatic heterocycles. The number of amides is 1. The van der Waals surface area contributed by atoms with E-state index in [0.29, 0.717) is 6.61 Å². The van der Waals surface area contributed by atoms with Gasteiger partial charge in [-0.15, -0.1) is 0 Å². The first-order valence-corrected chi connectivity index (χ1v) is 6.99. The van der Waals surface area contributed by atoms with Gasteiger partial charge in [0.15, 0.2) is 0 Å². The molecular weight excluding hydrogens is 240 g/mol. The van der Waals surface area contributed by atoms with E-state index in [9.17, 15) is 4.79 Å². The van der Waals surface area contributed by atoms with Crippen molar-refractivity contribution in [1.82, 2.24) is 4.90 Å². The molecule has 4 nitrogen and oxygen atoms in total. The van der Waals surface area contributed by atoms with Crippen molar-refractivity contribution < 1.29 is 9.53 Å². The summed E-state index contributed by atoms with van der Waals surface area (Å²) in [6.45, 7) is 6.25. The molecule has 1 aliphatic rings. The summed E-state index contributed by atoms with van der Waals surface area (Å²) in [5.74, 6) is 0.967. The average Bonchev–Trinajstić information content (AvgIpc) is 2.94. The van der Waals surface area contributed by atoms with Gasteiger partial charge in [0, 0.05) is 13.1 Å². The molecule has 1 saturated heterocycles. The van der Waals surface area contributed by atoms with Crippen LogP contribution in [0.1, 0.15) is 26.7 Å². The van der Waals surface area contributed by atoms with E-state index in [1.165, 1.54) is 0 Å². The van der Waals surface area contributed by atoms with Gasteiger partial charge in [-0.1, -0.05) is 12.1 Å². The average molecular weight is 262 g/mol. The highest BCUT2D eigenvalue weighted by molar-refractivity contribution is 5.85. The first-order chi connectivity index (χ1) is 9.22. The summed E-state index contributed by atoms with van der Waals surface area (Å²) in [4.78, 5) is 14.2. The minimum atomic E-state index is -0.222. The predicted octanol–water partition coefficient (Wildman–Crippen LogP) is 2.51. The third kappa shape index (κ3) is 3.40. The maximum Gasteiger partial charge on any atom is 0.244 e. The van der Waals surface area contributed by atoms with Crippen molar-refractivity contribution >= 4 is 11.6 Å². The predicted molar refractivity (Wildman–Crippen MR) is 76.5 cm³/mol. The molecule has 1 fully saturated rings. The van der Waals surface area contributed by atoms with Gasteiger partial charge in [-0.05, 0) is 38.8 Å². The summed E-state index contributed by atoms with van der Waals surface area (Å²) < 4.78 is 5.56. The third-order valence-electron chi connectivity index (χ3n) is 3.35. The van der Waals surface area contributed by atoms with E-state index in [-0.39, 0.29) is 11.9 Å². The monoisotopic (exact) mass is 262 g/mol. The number of hydrogen-bond donors (Lipinski definition) is 1. The van der Waals surface area contributed by atoms with Gasteiger partial charge in [0.1, 0.15) is 11.8 Å². The Morgan fingerprint density at radius 1 is 1.37 bits per heavy atom. The number of rotatable bonds is 5. The van der Waals surface area contributed by atoms with Crippen LogP contribution in [0.25, 0.3) is 0 Å². The second-order valence-electron chi connectivity index (χ2n) is 4.83. The molecule has 1 N–H and O–H groups in total. The van der Waals surface area contributed by atoms with Crippen molar-refractivity contribution in [2.45, 2.75) is 32.7 Å². The Balaban J connectivity index is 2.01. The number of para-hydroxylation sites is 2. The van der Waals surface area contributed by atoms with Crippen LogP contribution in [0.4, 0.5) is 5.69 Å². The van der Waals surface area contributed by atoms with Crippen molar-refractivity contribution in [1.29, 1.82) is 0 Å². The molecule has 1 aromatic rings. The fraction of sp³-hybridized carbons (Fsp3) is 0.533. The van der Waals surface area contributed by atoms with Crippen LogP contribution in [0.2, 0.25) is 0 Å². The summed E-state index contributed by atoms with van der Waals surface area (Å²) >= 11 is 0. The Labute approximate surface area is 114 Å². The summed E-state index contributed by atoms with van der Waals surface area (Å²) in [5.41, 5.74) is 0.879. The Morgan fingerprint density at radius 2 is 2.05 bits per heavy atom. The molecule has 1 amide bonds. The van der Waals surface area contributed by atoms with Crippen molar-refractivity contribution in [2.24, 2.45) is 0 Å². The first-order valence-electron chi connectivity index (χ1n) is 6.99. The molecule has 1 heterocycles. The lowest BCUT2D eigenvalue weighted by atomic mass is 10.2. The molecule has 1 atom stereocenters. The van der Waals surface area contributed by atoms with Gasteiger partial charge in [-0.25, -0.2) is 0 Å².